The summed E-state index contributed by atoms with van der Waals surface area (Å²) >= 11 is 4.45. The molecule has 2 rings (SSSR count). The van der Waals surface area contributed by atoms with Crippen molar-refractivity contribution in [3.8, 4) is 0 Å². The third kappa shape index (κ3) is 3.55. The minimum atomic E-state index is -0.664. The second-order valence-electron chi connectivity index (χ2n) is 4.04. The fourth-order valence-electron chi connectivity index (χ4n) is 1.61. The molecule has 1 amide bonds. The van der Waals surface area contributed by atoms with Gasteiger partial charge in [-0.15, -0.1) is 11.3 Å². The van der Waals surface area contributed by atoms with Crippen LogP contribution in [0.1, 0.15) is 11.8 Å². The topological polar surface area (TPSA) is 41.1 Å². The molecule has 0 bridgehead atoms. The highest BCUT2D eigenvalue weighted by atomic mass is 79.9. The van der Waals surface area contributed by atoms with Crippen molar-refractivity contribution in [3.05, 3.63) is 44.6 Å². The van der Waals surface area contributed by atoms with Crippen molar-refractivity contribution in [2.75, 3.05) is 10.6 Å². The maximum Gasteiger partial charge on any atom is 0.221 e. The zero-order chi connectivity index (χ0) is 14.7. The zero-order valence-corrected chi connectivity index (χ0v) is 12.9. The van der Waals surface area contributed by atoms with Gasteiger partial charge >= 0.3 is 0 Å². The van der Waals surface area contributed by atoms with Crippen LogP contribution in [0, 0.1) is 11.6 Å². The molecule has 1 heterocycles. The first-order chi connectivity index (χ1) is 9.47. The first-order valence-electron chi connectivity index (χ1n) is 5.69. The lowest BCUT2D eigenvalue weighted by molar-refractivity contribution is -0.114. The van der Waals surface area contributed by atoms with Crippen LogP contribution in [0.25, 0.3) is 0 Å². The number of hydrogen-bond donors (Lipinski definition) is 2. The highest BCUT2D eigenvalue weighted by Gasteiger charge is 2.10. The zero-order valence-electron chi connectivity index (χ0n) is 10.5. The molecule has 2 N–H and O–H groups in total. The van der Waals surface area contributed by atoms with E-state index in [2.05, 4.69) is 26.6 Å². The summed E-state index contributed by atoms with van der Waals surface area (Å²) in [5, 5.41) is 7.41. The van der Waals surface area contributed by atoms with Crippen molar-refractivity contribution >= 4 is 44.5 Å². The smallest absolute Gasteiger partial charge is 0.221 e. The summed E-state index contributed by atoms with van der Waals surface area (Å²) in [4.78, 5) is 11.9. The highest BCUT2D eigenvalue weighted by Crippen LogP contribution is 2.27. The normalized spacial score (nSPS) is 10.4. The lowest BCUT2D eigenvalue weighted by atomic mass is 10.3. The van der Waals surface area contributed by atoms with Gasteiger partial charge in [0.05, 0.1) is 22.4 Å². The quantitative estimate of drug-likeness (QED) is 0.795. The Balaban J connectivity index is 2.11. The number of carbonyl (C=O) groups is 1. The minimum Gasteiger partial charge on any atom is -0.378 e. The van der Waals surface area contributed by atoms with Crippen LogP contribution in [0.2, 0.25) is 0 Å². The van der Waals surface area contributed by atoms with Crippen molar-refractivity contribution in [1.29, 1.82) is 0 Å². The lowest BCUT2D eigenvalue weighted by Gasteiger charge is -2.09. The molecular formula is C13H11BrF2N2OS. The molecule has 0 unspecified atom stereocenters. The maximum absolute atomic E-state index is 13.6. The van der Waals surface area contributed by atoms with Crippen molar-refractivity contribution in [2.24, 2.45) is 0 Å². The van der Waals surface area contributed by atoms with Crippen LogP contribution in [0.15, 0.2) is 28.1 Å². The number of amides is 1. The van der Waals surface area contributed by atoms with E-state index in [1.54, 1.807) is 6.07 Å². The third-order valence-corrected chi connectivity index (χ3v) is 4.03. The van der Waals surface area contributed by atoms with Crippen LogP contribution in [-0.4, -0.2) is 5.91 Å². The van der Waals surface area contributed by atoms with E-state index in [9.17, 15) is 13.6 Å². The predicted octanol–water partition coefficient (Wildman–Crippen LogP) is 4.36. The van der Waals surface area contributed by atoms with Gasteiger partial charge in [-0.1, -0.05) is 0 Å². The molecule has 7 heteroatoms. The Morgan fingerprint density at radius 2 is 2.05 bits per heavy atom. The Morgan fingerprint density at radius 1 is 1.30 bits per heavy atom. The van der Waals surface area contributed by atoms with Gasteiger partial charge < -0.3 is 10.6 Å². The number of carbonyl (C=O) groups excluding carboxylic acids is 1. The Hall–Kier alpha value is -1.47. The van der Waals surface area contributed by atoms with Crippen molar-refractivity contribution in [3.63, 3.8) is 0 Å². The summed E-state index contributed by atoms with van der Waals surface area (Å²) in [7, 11) is 0. The van der Waals surface area contributed by atoms with Crippen LogP contribution >= 0.6 is 27.3 Å². The second kappa shape index (κ2) is 6.32. The molecule has 0 saturated heterocycles. The van der Waals surface area contributed by atoms with Crippen molar-refractivity contribution in [1.82, 2.24) is 0 Å². The van der Waals surface area contributed by atoms with E-state index >= 15 is 0 Å². The number of halogens is 3. The third-order valence-electron chi connectivity index (χ3n) is 2.51. The second-order valence-corrected chi connectivity index (χ2v) is 5.89. The minimum absolute atomic E-state index is 0.166. The van der Waals surface area contributed by atoms with Crippen LogP contribution in [0.5, 0.6) is 0 Å². The number of thiophene rings is 1. The summed E-state index contributed by atoms with van der Waals surface area (Å²) in [6.45, 7) is 1.76. The molecule has 0 fully saturated rings. The summed E-state index contributed by atoms with van der Waals surface area (Å²) in [6, 6.07) is 3.94. The van der Waals surface area contributed by atoms with Crippen LogP contribution in [-0.2, 0) is 11.3 Å². The van der Waals surface area contributed by atoms with Gasteiger partial charge in [0.2, 0.25) is 5.91 Å². The van der Waals surface area contributed by atoms with E-state index in [0.717, 1.165) is 10.9 Å². The van der Waals surface area contributed by atoms with Crippen molar-refractivity contribution in [2.45, 2.75) is 13.5 Å². The standard InChI is InChI=1S/C13H11BrF2N2OS/c1-7(19)18-11-2-3-20-13(11)6-17-12-4-8(14)9(15)5-10(12)16/h2-5,17H,6H2,1H3,(H,18,19). The van der Waals surface area contributed by atoms with E-state index in [4.69, 9.17) is 0 Å². The first kappa shape index (κ1) is 14.9. The van der Waals surface area contributed by atoms with E-state index in [1.165, 1.54) is 24.3 Å². The average molecular weight is 361 g/mol. The summed E-state index contributed by atoms with van der Waals surface area (Å²) in [6.07, 6.45) is 0. The molecule has 0 atom stereocenters. The molecule has 3 nitrogen and oxygen atoms in total. The first-order valence-corrected chi connectivity index (χ1v) is 7.37. The molecule has 2 aromatic rings. The van der Waals surface area contributed by atoms with Gasteiger partial charge in [0, 0.05) is 17.9 Å². The SMILES string of the molecule is CC(=O)Nc1ccsc1CNc1cc(Br)c(F)cc1F. The maximum atomic E-state index is 13.6. The van der Waals surface area contributed by atoms with Gasteiger partial charge in [-0.3, -0.25) is 4.79 Å². The number of benzene rings is 1. The van der Waals surface area contributed by atoms with Crippen LogP contribution in [0.4, 0.5) is 20.2 Å². The van der Waals surface area contributed by atoms with Crippen LogP contribution < -0.4 is 10.6 Å². The lowest BCUT2D eigenvalue weighted by Crippen LogP contribution is -2.08. The molecule has 0 aliphatic heterocycles. The van der Waals surface area contributed by atoms with E-state index in [1.807, 2.05) is 5.38 Å². The number of rotatable bonds is 4. The van der Waals surface area contributed by atoms with Gasteiger partial charge in [0.15, 0.2) is 0 Å². The van der Waals surface area contributed by atoms with Gasteiger partial charge in [-0.05, 0) is 33.4 Å². The number of nitrogens with one attached hydrogen (secondary N) is 2. The summed E-state index contributed by atoms with van der Waals surface area (Å²) < 4.78 is 26.9. The largest absolute Gasteiger partial charge is 0.378 e. The fourth-order valence-corrected chi connectivity index (χ4v) is 2.73. The van der Waals surface area contributed by atoms with Crippen molar-refractivity contribution < 1.29 is 13.6 Å². The molecule has 20 heavy (non-hydrogen) atoms. The number of hydrogen-bond acceptors (Lipinski definition) is 3. The molecule has 0 spiro atoms. The fraction of sp³-hybridized carbons (Fsp3) is 0.154. The Morgan fingerprint density at radius 3 is 2.75 bits per heavy atom. The van der Waals surface area contributed by atoms with Gasteiger partial charge in [-0.25, -0.2) is 8.78 Å². The molecule has 1 aromatic heterocycles. The Kier molecular flexibility index (Phi) is 4.72. The molecule has 106 valence electrons. The molecular weight excluding hydrogens is 350 g/mol. The molecule has 0 saturated carbocycles. The Labute approximate surface area is 127 Å². The molecule has 1 aromatic carbocycles. The summed E-state index contributed by atoms with van der Waals surface area (Å²) in [5.74, 6) is -1.48. The van der Waals surface area contributed by atoms with Gasteiger partial charge in [-0.2, -0.15) is 0 Å². The summed E-state index contributed by atoms with van der Waals surface area (Å²) in [5.41, 5.74) is 0.886. The van der Waals surface area contributed by atoms with E-state index in [-0.39, 0.29) is 16.1 Å². The van der Waals surface area contributed by atoms with Gasteiger partial charge in [0.1, 0.15) is 11.6 Å². The average Bonchev–Trinajstić information content (AvgIpc) is 2.79. The Bertz CT molecular complexity index is 645. The van der Waals surface area contributed by atoms with E-state index < -0.39 is 11.6 Å². The number of anilines is 2. The van der Waals surface area contributed by atoms with Gasteiger partial charge in [0.25, 0.3) is 0 Å². The predicted molar refractivity (Wildman–Crippen MR) is 80.0 cm³/mol. The van der Waals surface area contributed by atoms with E-state index in [0.29, 0.717) is 12.2 Å². The molecule has 0 aliphatic rings. The monoisotopic (exact) mass is 360 g/mol. The highest BCUT2D eigenvalue weighted by molar-refractivity contribution is 9.10. The molecule has 0 aliphatic carbocycles. The van der Waals surface area contributed by atoms with Crippen LogP contribution in [0.3, 0.4) is 0 Å². The molecule has 0 radical (unpaired) electrons.